The number of fused-ring (bicyclic) bond motifs is 1. The number of carbonyl (C=O) groups is 1. The van der Waals surface area contributed by atoms with E-state index >= 15 is 0 Å². The third-order valence-electron chi connectivity index (χ3n) is 4.27. The van der Waals surface area contributed by atoms with Crippen LogP contribution in [0.3, 0.4) is 0 Å². The molecule has 0 unspecified atom stereocenters. The summed E-state index contributed by atoms with van der Waals surface area (Å²) in [7, 11) is 0. The summed E-state index contributed by atoms with van der Waals surface area (Å²) >= 11 is 1.24. The topological polar surface area (TPSA) is 59.2 Å². The van der Waals surface area contributed by atoms with Gasteiger partial charge in [-0.05, 0) is 51.5 Å². The van der Waals surface area contributed by atoms with E-state index in [0.717, 1.165) is 0 Å². The number of nitrogens with zero attached hydrogens (tertiary/aromatic N) is 2. The number of carbonyl (C=O) groups excluding carboxylic acids is 1. The lowest BCUT2D eigenvalue weighted by Gasteiger charge is -2.31. The molecule has 1 amide bonds. The fourth-order valence-electron chi connectivity index (χ4n) is 3.33. The predicted molar refractivity (Wildman–Crippen MR) is 106 cm³/mol. The van der Waals surface area contributed by atoms with E-state index in [1.807, 2.05) is 50.8 Å². The molecule has 1 heterocycles. The number of nitrogen functional groups attached to an aromatic ring is 1. The molecule has 0 aliphatic rings. The number of anilines is 1. The van der Waals surface area contributed by atoms with Crippen molar-refractivity contribution in [1.29, 1.82) is 0 Å². The number of benzene rings is 2. The molecule has 136 valence electrons. The second-order valence-electron chi connectivity index (χ2n) is 6.80. The molecule has 0 aliphatic heterocycles. The third kappa shape index (κ3) is 3.29. The SMILES string of the molecule is CC(C)N(C(=O)c1ccccc1-c1cc(F)cc2sc(N)nc12)C(C)C. The van der Waals surface area contributed by atoms with E-state index in [2.05, 4.69) is 4.98 Å². The molecule has 0 bridgehead atoms. The maximum atomic E-state index is 14.2. The summed E-state index contributed by atoms with van der Waals surface area (Å²) in [5.74, 6) is -0.450. The molecular weight excluding hydrogens is 349 g/mol. The van der Waals surface area contributed by atoms with Gasteiger partial charge in [0.1, 0.15) is 5.82 Å². The zero-order valence-electron chi connectivity index (χ0n) is 15.3. The number of aromatic nitrogens is 1. The van der Waals surface area contributed by atoms with Crippen molar-refractivity contribution in [2.75, 3.05) is 5.73 Å². The van der Waals surface area contributed by atoms with Crippen molar-refractivity contribution in [1.82, 2.24) is 9.88 Å². The third-order valence-corrected chi connectivity index (χ3v) is 5.10. The second kappa shape index (κ2) is 7.03. The Kier molecular flexibility index (Phi) is 4.96. The summed E-state index contributed by atoms with van der Waals surface area (Å²) in [5, 5.41) is 0.377. The van der Waals surface area contributed by atoms with Crippen molar-refractivity contribution >= 4 is 32.6 Å². The van der Waals surface area contributed by atoms with Crippen LogP contribution >= 0.6 is 11.3 Å². The molecule has 6 heteroatoms. The van der Waals surface area contributed by atoms with Crippen molar-refractivity contribution in [3.63, 3.8) is 0 Å². The molecule has 0 radical (unpaired) electrons. The Morgan fingerprint density at radius 2 is 1.77 bits per heavy atom. The van der Waals surface area contributed by atoms with Crippen LogP contribution in [0.4, 0.5) is 9.52 Å². The minimum absolute atomic E-state index is 0.0537. The van der Waals surface area contributed by atoms with Gasteiger partial charge in [0.05, 0.1) is 10.2 Å². The normalized spacial score (nSPS) is 11.5. The number of hydrogen-bond donors (Lipinski definition) is 1. The molecular formula is C20H22FN3OS. The zero-order chi connectivity index (χ0) is 19.0. The number of halogens is 1. The van der Waals surface area contributed by atoms with Crippen LogP contribution < -0.4 is 5.73 Å². The number of nitrogens with two attached hydrogens (primary N) is 1. The van der Waals surface area contributed by atoms with Gasteiger partial charge in [0.2, 0.25) is 0 Å². The largest absolute Gasteiger partial charge is 0.375 e. The van der Waals surface area contributed by atoms with Gasteiger partial charge in [0.15, 0.2) is 5.13 Å². The first-order valence-corrected chi connectivity index (χ1v) is 9.39. The highest BCUT2D eigenvalue weighted by Crippen LogP contribution is 2.35. The molecule has 0 fully saturated rings. The Bertz CT molecular complexity index is 957. The highest BCUT2D eigenvalue weighted by atomic mass is 32.1. The number of rotatable bonds is 4. The van der Waals surface area contributed by atoms with Crippen molar-refractivity contribution in [3.05, 3.63) is 47.8 Å². The monoisotopic (exact) mass is 371 g/mol. The number of thiazole rings is 1. The van der Waals surface area contributed by atoms with Gasteiger partial charge in [-0.2, -0.15) is 0 Å². The Labute approximate surface area is 156 Å². The van der Waals surface area contributed by atoms with Crippen LogP contribution in [0.15, 0.2) is 36.4 Å². The molecule has 3 aromatic rings. The van der Waals surface area contributed by atoms with Crippen molar-refractivity contribution < 1.29 is 9.18 Å². The summed E-state index contributed by atoms with van der Waals surface area (Å²) in [4.78, 5) is 19.4. The molecule has 4 nitrogen and oxygen atoms in total. The highest BCUT2D eigenvalue weighted by molar-refractivity contribution is 7.22. The van der Waals surface area contributed by atoms with Crippen LogP contribution in [0.5, 0.6) is 0 Å². The summed E-state index contributed by atoms with van der Waals surface area (Å²) in [6.07, 6.45) is 0. The summed E-state index contributed by atoms with van der Waals surface area (Å²) in [6, 6.07) is 10.2. The van der Waals surface area contributed by atoms with Crippen LogP contribution in [0.2, 0.25) is 0 Å². The first kappa shape index (κ1) is 18.3. The molecule has 26 heavy (non-hydrogen) atoms. The lowest BCUT2D eigenvalue weighted by molar-refractivity contribution is 0.0644. The lowest BCUT2D eigenvalue weighted by Crippen LogP contribution is -2.42. The van der Waals surface area contributed by atoms with Gasteiger partial charge >= 0.3 is 0 Å². The molecule has 3 rings (SSSR count). The average molecular weight is 371 g/mol. The van der Waals surface area contributed by atoms with Crippen molar-refractivity contribution in [2.45, 2.75) is 39.8 Å². The van der Waals surface area contributed by atoms with Gasteiger partial charge in [0, 0.05) is 23.2 Å². The minimum atomic E-state index is -0.372. The summed E-state index contributed by atoms with van der Waals surface area (Å²) < 4.78 is 14.9. The molecule has 0 saturated heterocycles. The fraction of sp³-hybridized carbons (Fsp3) is 0.300. The van der Waals surface area contributed by atoms with Crippen LogP contribution in [0, 0.1) is 5.82 Å². The molecule has 0 aliphatic carbocycles. The molecule has 0 spiro atoms. The smallest absolute Gasteiger partial charge is 0.254 e. The molecule has 0 atom stereocenters. The van der Waals surface area contributed by atoms with Crippen molar-refractivity contribution in [3.8, 4) is 11.1 Å². The van der Waals surface area contributed by atoms with E-state index in [1.54, 1.807) is 6.07 Å². The van der Waals surface area contributed by atoms with Gasteiger partial charge in [-0.1, -0.05) is 29.5 Å². The van der Waals surface area contributed by atoms with Gasteiger partial charge in [0.25, 0.3) is 5.91 Å². The summed E-state index contributed by atoms with van der Waals surface area (Å²) in [6.45, 7) is 7.95. The van der Waals surface area contributed by atoms with Gasteiger partial charge in [-0.15, -0.1) is 0 Å². The average Bonchev–Trinajstić information content (AvgIpc) is 2.93. The zero-order valence-corrected chi connectivity index (χ0v) is 16.1. The molecule has 0 saturated carbocycles. The molecule has 2 N–H and O–H groups in total. The van der Waals surface area contributed by atoms with Crippen LogP contribution in [0.1, 0.15) is 38.1 Å². The predicted octanol–water partition coefficient (Wildman–Crippen LogP) is 4.94. The molecule has 1 aromatic heterocycles. The number of amides is 1. The molecule has 2 aromatic carbocycles. The Hall–Kier alpha value is -2.47. The van der Waals surface area contributed by atoms with E-state index < -0.39 is 0 Å². The first-order chi connectivity index (χ1) is 12.3. The Balaban J connectivity index is 2.22. The fourth-order valence-corrected chi connectivity index (χ4v) is 4.11. The van der Waals surface area contributed by atoms with Crippen LogP contribution in [-0.2, 0) is 0 Å². The highest BCUT2D eigenvalue weighted by Gasteiger charge is 2.25. The maximum Gasteiger partial charge on any atom is 0.254 e. The second-order valence-corrected chi connectivity index (χ2v) is 7.86. The Morgan fingerprint density at radius 1 is 1.12 bits per heavy atom. The van der Waals surface area contributed by atoms with E-state index in [9.17, 15) is 9.18 Å². The maximum absolute atomic E-state index is 14.2. The van der Waals surface area contributed by atoms with Crippen LogP contribution in [-0.4, -0.2) is 27.9 Å². The van der Waals surface area contributed by atoms with Crippen molar-refractivity contribution in [2.24, 2.45) is 0 Å². The van der Waals surface area contributed by atoms with E-state index in [4.69, 9.17) is 5.73 Å². The van der Waals surface area contributed by atoms with E-state index in [-0.39, 0.29) is 23.8 Å². The first-order valence-electron chi connectivity index (χ1n) is 8.57. The van der Waals surface area contributed by atoms with Gasteiger partial charge in [-0.3, -0.25) is 4.79 Å². The van der Waals surface area contributed by atoms with Gasteiger partial charge < -0.3 is 10.6 Å². The Morgan fingerprint density at radius 3 is 2.42 bits per heavy atom. The lowest BCUT2D eigenvalue weighted by atomic mass is 9.97. The summed E-state index contributed by atoms with van der Waals surface area (Å²) in [5.41, 5.74) is 8.23. The minimum Gasteiger partial charge on any atom is -0.375 e. The van der Waals surface area contributed by atoms with Gasteiger partial charge in [-0.25, -0.2) is 9.37 Å². The number of hydrogen-bond acceptors (Lipinski definition) is 4. The standard InChI is InChI=1S/C20H22FN3OS/c1-11(2)24(12(3)4)19(25)15-8-6-5-7-14(15)16-9-13(21)10-17-18(16)23-20(22)26-17/h5-12H,1-4H3,(H2,22,23). The van der Waals surface area contributed by atoms with E-state index in [0.29, 0.717) is 32.0 Å². The van der Waals surface area contributed by atoms with E-state index in [1.165, 1.54) is 23.5 Å². The van der Waals surface area contributed by atoms with Crippen LogP contribution in [0.25, 0.3) is 21.3 Å². The quantitative estimate of drug-likeness (QED) is 0.706.